The Morgan fingerprint density at radius 2 is 0.889 bits per heavy atom. The number of unbranched alkanes of at least 4 members (excludes halogenated alkanes) is 4. The fourth-order valence-electron chi connectivity index (χ4n) is 5.59. The van der Waals surface area contributed by atoms with E-state index in [0.717, 1.165) is 90.7 Å². The molecule has 34 heteroatoms. The van der Waals surface area contributed by atoms with Crippen molar-refractivity contribution in [2.75, 3.05) is 39.6 Å². The van der Waals surface area contributed by atoms with Gasteiger partial charge >= 0.3 is 29.8 Å². The molecule has 0 amide bonds. The van der Waals surface area contributed by atoms with E-state index < -0.39 is 29.8 Å². The summed E-state index contributed by atoms with van der Waals surface area (Å²) in [6, 6.07) is 0. The van der Waals surface area contributed by atoms with Gasteiger partial charge in [-0.1, -0.05) is 60.9 Å². The number of aromatic carboxylic acids is 1. The molecule has 6 rings (SSSR count). The van der Waals surface area contributed by atoms with Gasteiger partial charge in [-0.2, -0.15) is 0 Å². The van der Waals surface area contributed by atoms with E-state index in [1.54, 1.807) is 38.6 Å². The summed E-state index contributed by atoms with van der Waals surface area (Å²) in [5.41, 5.74) is 8.40. The number of terminal acetylenes is 1. The molecule has 6 heterocycles. The Balaban J connectivity index is 0.000000362. The molecule has 2 N–H and O–H groups in total. The van der Waals surface area contributed by atoms with Crippen LogP contribution in [0.1, 0.15) is 173 Å². The standard InChI is InChI=1S/C13H17N5O3S.C12H15N5O4S.C9H13N5O2S.C9H14N2O3S.C4H4O/c1-3-21-13(20)12-16-15-11(22-12)6-4-5-7-18-8-10(9(2)19)14-17-18;1-2-21-12(20)10-15-14-9(22-10)5-3-4-6-17-7-8(11(18)19)13-16-17;1-2-16-9(15)8-13-12-7(17-8)5-3-4-6-11-14-10;1-2-14-9(13)8-11-10-7(15-8)5-3-4-6-12;1-3-4(2)5/h8H,3-7H2,1-2H3;7H,2-6H2,1H3,(H,18,19);2-6H2,1H3;12H,2-6H2,1H3;1H,2H3. The fourth-order valence-corrected chi connectivity index (χ4v) is 8.69. The maximum Gasteiger partial charge on any atom is 0.369 e. The Bertz CT molecular complexity index is 2850. The Morgan fingerprint density at radius 1 is 0.556 bits per heavy atom. The van der Waals surface area contributed by atoms with Crippen molar-refractivity contribution in [3.63, 3.8) is 0 Å². The zero-order valence-corrected chi connectivity index (χ0v) is 48.8. The molecule has 0 aliphatic heterocycles. The molecule has 0 spiro atoms. The number of ketones is 2. The molecule has 0 saturated carbocycles. The van der Waals surface area contributed by atoms with E-state index in [4.69, 9.17) is 34.7 Å². The van der Waals surface area contributed by atoms with Crippen LogP contribution in [0.3, 0.4) is 0 Å². The predicted octanol–water partition coefficient (Wildman–Crippen LogP) is 6.15. The monoisotopic (exact) mass is 1200 g/mol. The third-order valence-corrected chi connectivity index (χ3v) is 13.2. The van der Waals surface area contributed by atoms with Crippen LogP contribution >= 0.6 is 45.3 Å². The number of carboxylic acids is 1. The third kappa shape index (κ3) is 29.2. The Hall–Kier alpha value is -7.96. The first-order chi connectivity index (χ1) is 39.0. The summed E-state index contributed by atoms with van der Waals surface area (Å²) in [6.07, 6.45) is 17.1. The number of carboxylic acid groups (broad SMARTS) is 1. The van der Waals surface area contributed by atoms with Crippen molar-refractivity contribution in [1.29, 1.82) is 0 Å². The van der Waals surface area contributed by atoms with Crippen molar-refractivity contribution in [2.24, 2.45) is 5.11 Å². The van der Waals surface area contributed by atoms with Crippen molar-refractivity contribution in [2.45, 2.75) is 132 Å². The minimum absolute atomic E-state index is 0.0665. The molecule has 6 aromatic rings. The Labute approximate surface area is 481 Å². The summed E-state index contributed by atoms with van der Waals surface area (Å²) in [5.74, 6) is -1.22. The topological polar surface area (TPSA) is 410 Å². The second kappa shape index (κ2) is 41.1. The Kier molecular flexibility index (Phi) is 35.1. The van der Waals surface area contributed by atoms with Gasteiger partial charge in [0.2, 0.25) is 25.8 Å². The van der Waals surface area contributed by atoms with E-state index in [2.05, 4.69) is 77.9 Å². The van der Waals surface area contributed by atoms with Gasteiger partial charge in [0.15, 0.2) is 11.5 Å². The molecule has 0 atom stereocenters. The van der Waals surface area contributed by atoms with Crippen LogP contribution in [-0.4, -0.2) is 162 Å². The van der Waals surface area contributed by atoms with Crippen LogP contribution in [0.5, 0.6) is 0 Å². The maximum atomic E-state index is 11.5. The van der Waals surface area contributed by atoms with Gasteiger partial charge in [-0.25, -0.2) is 24.0 Å². The molecule has 0 aliphatic carbocycles. The highest BCUT2D eigenvalue weighted by Gasteiger charge is 2.17. The minimum Gasteiger partial charge on any atom is -0.476 e. The molecule has 0 aromatic carbocycles. The summed E-state index contributed by atoms with van der Waals surface area (Å²) in [4.78, 5) is 79.5. The highest BCUT2D eigenvalue weighted by atomic mass is 32.1. The highest BCUT2D eigenvalue weighted by molar-refractivity contribution is 7.14. The number of aliphatic hydroxyl groups excluding tert-OH is 1. The maximum absolute atomic E-state index is 11.5. The number of esters is 4. The molecule has 0 fully saturated rings. The highest BCUT2D eigenvalue weighted by Crippen LogP contribution is 2.17. The van der Waals surface area contributed by atoms with Gasteiger partial charge in [-0.3, -0.25) is 19.0 Å². The largest absolute Gasteiger partial charge is 0.476 e. The number of aromatic nitrogens is 14. The summed E-state index contributed by atoms with van der Waals surface area (Å²) >= 11 is 4.98. The smallest absolute Gasteiger partial charge is 0.369 e. The number of aliphatic hydroxyl groups is 1. The number of azide groups is 1. The SMILES string of the molecule is C#CC(C)=O.CCOC(=O)c1nnc(CCCCN=[N+]=[N-])s1.CCOC(=O)c1nnc(CCCCO)s1.CCOC(=O)c1nnc(CCCCn2cc(C(=O)O)nn2)s1.CCOC(=O)c1nnc(CCCCn2cc(C(C)=O)nn2)s1. The average molecular weight is 1200 g/mol. The minimum atomic E-state index is -1.09. The lowest BCUT2D eigenvalue weighted by Gasteiger charge is -1.98. The molecule has 0 radical (unpaired) electrons. The number of carbonyl (C=O) groups excluding carboxylic acids is 6. The van der Waals surface area contributed by atoms with Crippen LogP contribution < -0.4 is 0 Å². The number of rotatable bonds is 29. The lowest BCUT2D eigenvalue weighted by Crippen LogP contribution is -2.03. The normalized spacial score (nSPS) is 10.0. The van der Waals surface area contributed by atoms with Gasteiger partial charge in [0, 0.05) is 70.7 Å². The number of hydrogen-bond donors (Lipinski definition) is 2. The summed E-state index contributed by atoms with van der Waals surface area (Å²) in [7, 11) is 0. The molecule has 438 valence electrons. The van der Waals surface area contributed by atoms with Crippen molar-refractivity contribution in [3.05, 3.63) is 74.3 Å². The van der Waals surface area contributed by atoms with Crippen molar-refractivity contribution >= 4 is 86.8 Å². The number of carbonyl (C=O) groups is 7. The lowest BCUT2D eigenvalue weighted by molar-refractivity contribution is -0.111. The molecule has 0 bridgehead atoms. The molecule has 81 heavy (non-hydrogen) atoms. The molecule has 6 aromatic heterocycles. The number of nitrogens with zero attached hydrogens (tertiary/aromatic N) is 17. The fraction of sp³-hybridized carbons (Fsp3) is 0.553. The molecule has 0 unspecified atom stereocenters. The summed E-state index contributed by atoms with van der Waals surface area (Å²) in [6.45, 7) is 13.0. The van der Waals surface area contributed by atoms with E-state index in [1.807, 2.05) is 5.92 Å². The van der Waals surface area contributed by atoms with Gasteiger partial charge in [0.05, 0.1) is 38.8 Å². The number of aryl methyl sites for hydroxylation is 6. The molecule has 30 nitrogen and oxygen atoms in total. The first kappa shape index (κ1) is 69.1. The van der Waals surface area contributed by atoms with Crippen LogP contribution in [0, 0.1) is 12.3 Å². The van der Waals surface area contributed by atoms with Gasteiger partial charge in [0.25, 0.3) is 0 Å². The Morgan fingerprint density at radius 3 is 1.17 bits per heavy atom. The first-order valence-electron chi connectivity index (χ1n) is 25.1. The van der Waals surface area contributed by atoms with E-state index in [0.29, 0.717) is 68.2 Å². The van der Waals surface area contributed by atoms with Crippen molar-refractivity contribution in [3.8, 4) is 12.3 Å². The quantitative estimate of drug-likeness (QED) is 0.00612. The second-order valence-corrected chi connectivity index (χ2v) is 19.9. The predicted molar refractivity (Wildman–Crippen MR) is 293 cm³/mol. The van der Waals surface area contributed by atoms with E-state index in [-0.39, 0.29) is 33.9 Å². The summed E-state index contributed by atoms with van der Waals surface area (Å²) in [5, 5.41) is 70.9. The second-order valence-electron chi connectivity index (χ2n) is 15.7. The van der Waals surface area contributed by atoms with Gasteiger partial charge in [-0.05, 0) is 90.5 Å². The lowest BCUT2D eigenvalue weighted by atomic mass is 10.2. The molecular formula is C47H63N17O13S4. The first-order valence-corrected chi connectivity index (χ1v) is 28.4. The van der Waals surface area contributed by atoms with Crippen LogP contribution in [0.25, 0.3) is 10.4 Å². The van der Waals surface area contributed by atoms with Crippen LogP contribution in [-0.2, 0) is 62.5 Å². The van der Waals surface area contributed by atoms with Crippen molar-refractivity contribution in [1.82, 2.24) is 70.8 Å². The van der Waals surface area contributed by atoms with Crippen LogP contribution in [0.15, 0.2) is 17.5 Å². The zero-order valence-electron chi connectivity index (χ0n) is 45.5. The molecule has 0 saturated heterocycles. The van der Waals surface area contributed by atoms with Gasteiger partial charge in [-0.15, -0.1) is 57.4 Å². The van der Waals surface area contributed by atoms with E-state index in [9.17, 15) is 33.6 Å². The average Bonchev–Trinajstić information content (AvgIpc) is 4.32. The third-order valence-electron chi connectivity index (χ3n) is 9.34. The zero-order chi connectivity index (χ0) is 59.8. The van der Waals surface area contributed by atoms with Crippen LogP contribution in [0.4, 0.5) is 0 Å². The van der Waals surface area contributed by atoms with E-state index in [1.165, 1.54) is 70.1 Å². The number of ether oxygens (including phenoxy) is 4. The molecular weight excluding hydrogens is 1140 g/mol. The van der Waals surface area contributed by atoms with Gasteiger partial charge < -0.3 is 29.2 Å². The van der Waals surface area contributed by atoms with Gasteiger partial charge in [0.1, 0.15) is 25.7 Å². The number of Topliss-reactive ketones (excluding diaryl/α,β-unsaturated/α-hetero) is 2. The van der Waals surface area contributed by atoms with Crippen LogP contribution in [0.2, 0.25) is 0 Å². The van der Waals surface area contributed by atoms with E-state index >= 15 is 0 Å². The number of hydrogen-bond acceptors (Lipinski definition) is 29. The van der Waals surface area contributed by atoms with Crippen molar-refractivity contribution < 1.29 is 62.7 Å². The summed E-state index contributed by atoms with van der Waals surface area (Å²) < 4.78 is 22.5. The molecule has 0 aliphatic rings.